The first-order valence-corrected chi connectivity index (χ1v) is 8.04. The second kappa shape index (κ2) is 6.41. The Bertz CT molecular complexity index is 522. The topological polar surface area (TPSA) is 169 Å². The maximum absolute atomic E-state index is 10.7. The molecular weight excluding hydrogens is 340 g/mol. The molecule has 2 aliphatic heterocycles. The van der Waals surface area contributed by atoms with Crippen LogP contribution in [0.1, 0.15) is 13.3 Å². The Kier molecular flexibility index (Phi) is 4.86. The molecule has 0 amide bonds. The van der Waals surface area contributed by atoms with Crippen LogP contribution in [-0.2, 0) is 14.2 Å². The first-order chi connectivity index (χ1) is 11.6. The number of aliphatic hydroxyl groups excluding tert-OH is 5. The Morgan fingerprint density at radius 3 is 2.40 bits per heavy atom. The lowest BCUT2D eigenvalue weighted by molar-refractivity contribution is -0.351. The monoisotopic (exact) mass is 364 g/mol. The zero-order chi connectivity index (χ0) is 18.6. The fourth-order valence-corrected chi connectivity index (χ4v) is 3.84. The molecule has 0 aromatic carbocycles. The molecule has 25 heavy (non-hydrogen) atoms. The summed E-state index contributed by atoms with van der Waals surface area (Å²) in [5, 5.41) is 70.2. The average molecular weight is 364 g/mol. The minimum Gasteiger partial charge on any atom is -0.472 e. The van der Waals surface area contributed by atoms with Crippen molar-refractivity contribution in [2.45, 2.75) is 67.6 Å². The molecule has 10 atom stereocenters. The molecule has 3 rings (SSSR count). The highest BCUT2D eigenvalue weighted by atomic mass is 16.8. The van der Waals surface area contributed by atoms with Crippen LogP contribution in [0, 0.1) is 5.92 Å². The van der Waals surface area contributed by atoms with Gasteiger partial charge in [-0.15, -0.1) is 0 Å². The fourth-order valence-electron chi connectivity index (χ4n) is 3.84. The fraction of sp³-hybridized carbons (Fsp3) is 0.867. The summed E-state index contributed by atoms with van der Waals surface area (Å²) in [6.45, 7) is 0.783. The largest absolute Gasteiger partial charge is 0.472 e. The molecule has 0 spiro atoms. The van der Waals surface area contributed by atoms with Crippen molar-refractivity contribution in [2.24, 2.45) is 5.92 Å². The molecule has 2 fully saturated rings. The van der Waals surface area contributed by atoms with Crippen LogP contribution < -0.4 is 0 Å². The van der Waals surface area contributed by atoms with Gasteiger partial charge >= 0.3 is 0 Å². The van der Waals surface area contributed by atoms with E-state index in [-0.39, 0.29) is 6.42 Å². The number of hydrogen-bond donors (Lipinski definition) is 7. The smallest absolute Gasteiger partial charge is 0.210 e. The summed E-state index contributed by atoms with van der Waals surface area (Å²) >= 11 is 0. The first-order valence-electron chi connectivity index (χ1n) is 8.04. The minimum absolute atomic E-state index is 0.129. The summed E-state index contributed by atoms with van der Waals surface area (Å²) in [6.07, 6.45) is -7.87. The highest BCUT2D eigenvalue weighted by Gasteiger charge is 2.64. The minimum atomic E-state index is -1.81. The van der Waals surface area contributed by atoms with Crippen LogP contribution in [-0.4, -0.2) is 96.7 Å². The van der Waals surface area contributed by atoms with E-state index < -0.39 is 66.8 Å². The van der Waals surface area contributed by atoms with E-state index in [1.807, 2.05) is 0 Å². The van der Waals surface area contributed by atoms with Crippen LogP contribution in [0.4, 0.5) is 0 Å². The second-order valence-electron chi connectivity index (χ2n) is 7.08. The van der Waals surface area contributed by atoms with Crippen LogP contribution in [0.3, 0.4) is 0 Å². The number of rotatable bonds is 3. The Morgan fingerprint density at radius 2 is 1.76 bits per heavy atom. The van der Waals surface area contributed by atoms with Gasteiger partial charge in [-0.2, -0.15) is 0 Å². The van der Waals surface area contributed by atoms with Gasteiger partial charge in [0, 0.05) is 6.42 Å². The Labute approximate surface area is 143 Å². The molecule has 0 radical (unpaired) electrons. The summed E-state index contributed by atoms with van der Waals surface area (Å²) in [5.41, 5.74) is -3.35. The average Bonchev–Trinajstić information content (AvgIpc) is 2.73. The predicted octanol–water partition coefficient (Wildman–Crippen LogP) is -3.46. The summed E-state index contributed by atoms with van der Waals surface area (Å²) in [7, 11) is 0. The summed E-state index contributed by atoms with van der Waals surface area (Å²) in [6, 6.07) is 0. The zero-order valence-corrected chi connectivity index (χ0v) is 13.5. The van der Waals surface area contributed by atoms with Crippen LogP contribution >= 0.6 is 0 Å². The van der Waals surface area contributed by atoms with Crippen molar-refractivity contribution in [3.05, 3.63) is 12.3 Å². The van der Waals surface area contributed by atoms with Crippen molar-refractivity contribution in [3.63, 3.8) is 0 Å². The first kappa shape index (κ1) is 19.0. The van der Waals surface area contributed by atoms with Crippen molar-refractivity contribution in [2.75, 3.05) is 6.61 Å². The van der Waals surface area contributed by atoms with Crippen molar-refractivity contribution in [1.29, 1.82) is 0 Å². The van der Waals surface area contributed by atoms with Crippen LogP contribution in [0.15, 0.2) is 12.3 Å². The molecule has 144 valence electrons. The quantitative estimate of drug-likeness (QED) is 0.267. The van der Waals surface area contributed by atoms with Gasteiger partial charge in [0.25, 0.3) is 0 Å². The molecule has 0 bridgehead atoms. The van der Waals surface area contributed by atoms with E-state index in [1.54, 1.807) is 0 Å². The molecular formula is C15H24O10. The number of fused-ring (bicyclic) bond motifs is 1. The number of ether oxygens (including phenoxy) is 3. The number of hydrogen-bond acceptors (Lipinski definition) is 10. The van der Waals surface area contributed by atoms with Gasteiger partial charge in [-0.3, -0.25) is 0 Å². The Hall–Kier alpha value is -0.820. The van der Waals surface area contributed by atoms with Crippen LogP contribution in [0.2, 0.25) is 0 Å². The lowest BCUT2D eigenvalue weighted by Gasteiger charge is -2.45. The highest BCUT2D eigenvalue weighted by molar-refractivity contribution is 5.21. The number of aliphatic hydroxyl groups is 7. The molecule has 0 unspecified atom stereocenters. The molecule has 3 aliphatic rings. The molecule has 10 heteroatoms. The Balaban J connectivity index is 1.81. The molecule has 1 saturated heterocycles. The second-order valence-corrected chi connectivity index (χ2v) is 7.08. The van der Waals surface area contributed by atoms with Crippen LogP contribution in [0.5, 0.6) is 0 Å². The van der Waals surface area contributed by atoms with E-state index in [1.165, 1.54) is 13.0 Å². The standard InChI is InChI=1S/C15H24O10/c1-14(21)4-7(17)15(22)2-3-23-13(11(14)15)25-12-10(20)9(19)8(18)6(5-16)24-12/h2-3,6-13,16-22H,4-5H2,1H3/t6-,7-,8-,9+,10-,11+,12+,13+,14+,15-/m1/s1. The third kappa shape index (κ3) is 2.97. The van der Waals surface area contributed by atoms with Crippen LogP contribution in [0.25, 0.3) is 0 Å². The molecule has 10 nitrogen and oxygen atoms in total. The van der Waals surface area contributed by atoms with Crippen molar-refractivity contribution >= 4 is 0 Å². The van der Waals surface area contributed by atoms with Crippen molar-refractivity contribution in [3.8, 4) is 0 Å². The lowest BCUT2D eigenvalue weighted by atomic mass is 9.81. The summed E-state index contributed by atoms with van der Waals surface area (Å²) < 4.78 is 16.0. The third-order valence-electron chi connectivity index (χ3n) is 5.25. The van der Waals surface area contributed by atoms with E-state index in [0.717, 1.165) is 6.26 Å². The Morgan fingerprint density at radius 1 is 1.08 bits per heavy atom. The predicted molar refractivity (Wildman–Crippen MR) is 78.6 cm³/mol. The van der Waals surface area contributed by atoms with E-state index in [4.69, 9.17) is 14.2 Å². The van der Waals surface area contributed by atoms with E-state index >= 15 is 0 Å². The van der Waals surface area contributed by atoms with Gasteiger partial charge in [0.15, 0.2) is 6.29 Å². The van der Waals surface area contributed by atoms with Gasteiger partial charge in [0.05, 0.1) is 30.5 Å². The van der Waals surface area contributed by atoms with Gasteiger partial charge in [0.1, 0.15) is 30.0 Å². The van der Waals surface area contributed by atoms with E-state index in [2.05, 4.69) is 0 Å². The third-order valence-corrected chi connectivity index (χ3v) is 5.25. The van der Waals surface area contributed by atoms with E-state index in [0.29, 0.717) is 0 Å². The molecule has 1 aliphatic carbocycles. The van der Waals surface area contributed by atoms with Gasteiger partial charge in [-0.25, -0.2) is 0 Å². The van der Waals surface area contributed by atoms with Gasteiger partial charge in [-0.05, 0) is 13.0 Å². The van der Waals surface area contributed by atoms with Gasteiger partial charge < -0.3 is 50.0 Å². The molecule has 2 heterocycles. The van der Waals surface area contributed by atoms with Crippen molar-refractivity contribution in [1.82, 2.24) is 0 Å². The summed E-state index contributed by atoms with van der Waals surface area (Å²) in [4.78, 5) is 0. The SMILES string of the molecule is C[C@]1(O)C[C@@H](O)[C@]2(O)C=CO[C@@H](O[C@@H]3O[C@H](CO)[C@@H](O)[C@H](O)[C@H]3O)[C@H]21. The normalized spacial score (nSPS) is 55.7. The van der Waals surface area contributed by atoms with Gasteiger partial charge in [-0.1, -0.05) is 0 Å². The lowest BCUT2D eigenvalue weighted by Crippen LogP contribution is -2.61. The maximum atomic E-state index is 10.7. The maximum Gasteiger partial charge on any atom is 0.210 e. The molecule has 7 N–H and O–H groups in total. The summed E-state index contributed by atoms with van der Waals surface area (Å²) in [5.74, 6) is -1.10. The highest BCUT2D eigenvalue weighted by Crippen LogP contribution is 2.49. The molecule has 1 saturated carbocycles. The zero-order valence-electron chi connectivity index (χ0n) is 13.5. The molecule has 0 aromatic heterocycles. The van der Waals surface area contributed by atoms with Crippen molar-refractivity contribution < 1.29 is 50.0 Å². The van der Waals surface area contributed by atoms with Gasteiger partial charge in [0.2, 0.25) is 6.29 Å². The molecule has 0 aromatic rings. The van der Waals surface area contributed by atoms with E-state index in [9.17, 15) is 35.7 Å².